The number of carbonyl (C=O) groups excluding carboxylic acids is 1. The highest BCUT2D eigenvalue weighted by atomic mass is 16.6. The molecule has 1 aliphatic rings. The SMILES string of the molecule is C#CCOC(=O)N1CCC(O)CC1. The van der Waals surface area contributed by atoms with Gasteiger partial charge in [0.25, 0.3) is 0 Å². The van der Waals surface area contributed by atoms with Crippen molar-refractivity contribution in [1.82, 2.24) is 4.90 Å². The van der Waals surface area contributed by atoms with Gasteiger partial charge in [0, 0.05) is 13.1 Å². The van der Waals surface area contributed by atoms with Crippen molar-refractivity contribution >= 4 is 6.09 Å². The summed E-state index contributed by atoms with van der Waals surface area (Å²) in [6, 6.07) is 0. The number of hydrogen-bond acceptors (Lipinski definition) is 3. The average molecular weight is 183 g/mol. The first-order chi connectivity index (χ1) is 6.24. The summed E-state index contributed by atoms with van der Waals surface area (Å²) in [7, 11) is 0. The average Bonchev–Trinajstić information content (AvgIpc) is 2.15. The van der Waals surface area contributed by atoms with Crippen molar-refractivity contribution in [2.45, 2.75) is 18.9 Å². The van der Waals surface area contributed by atoms with Gasteiger partial charge >= 0.3 is 6.09 Å². The van der Waals surface area contributed by atoms with E-state index in [9.17, 15) is 9.90 Å². The fourth-order valence-corrected chi connectivity index (χ4v) is 1.24. The molecule has 1 heterocycles. The smallest absolute Gasteiger partial charge is 0.410 e. The van der Waals surface area contributed by atoms with Crippen LogP contribution in [0.3, 0.4) is 0 Å². The number of likely N-dealkylation sites (tertiary alicyclic amines) is 1. The van der Waals surface area contributed by atoms with Gasteiger partial charge in [-0.15, -0.1) is 6.42 Å². The standard InChI is InChI=1S/C9H13NO3/c1-2-7-13-9(12)10-5-3-8(11)4-6-10/h1,8,11H,3-7H2. The summed E-state index contributed by atoms with van der Waals surface area (Å²) < 4.78 is 4.74. The Balaban J connectivity index is 2.28. The number of rotatable bonds is 1. The molecule has 72 valence electrons. The van der Waals surface area contributed by atoms with Crippen LogP contribution in [0, 0.1) is 12.3 Å². The fraction of sp³-hybridized carbons (Fsp3) is 0.667. The lowest BCUT2D eigenvalue weighted by Crippen LogP contribution is -2.40. The van der Waals surface area contributed by atoms with Crippen molar-refractivity contribution in [1.29, 1.82) is 0 Å². The zero-order valence-electron chi connectivity index (χ0n) is 7.40. The molecule has 1 saturated heterocycles. The number of ether oxygens (including phenoxy) is 1. The molecule has 0 radical (unpaired) electrons. The third-order valence-corrected chi connectivity index (χ3v) is 2.00. The van der Waals surface area contributed by atoms with E-state index in [1.165, 1.54) is 0 Å². The molecular formula is C9H13NO3. The van der Waals surface area contributed by atoms with Crippen LogP contribution in [0.2, 0.25) is 0 Å². The predicted octanol–water partition coefficient (Wildman–Crippen LogP) is 0.213. The van der Waals surface area contributed by atoms with E-state index in [1.54, 1.807) is 4.90 Å². The van der Waals surface area contributed by atoms with Crippen molar-refractivity contribution in [3.05, 3.63) is 0 Å². The molecule has 0 spiro atoms. The Kier molecular flexibility index (Phi) is 3.59. The molecule has 0 bridgehead atoms. The molecule has 0 atom stereocenters. The van der Waals surface area contributed by atoms with E-state index in [2.05, 4.69) is 5.92 Å². The Bertz CT molecular complexity index is 213. The summed E-state index contributed by atoms with van der Waals surface area (Å²) in [6.07, 6.45) is 5.51. The van der Waals surface area contributed by atoms with Crippen LogP contribution in [-0.2, 0) is 4.74 Å². The second-order valence-corrected chi connectivity index (χ2v) is 2.98. The number of aliphatic hydroxyl groups is 1. The third-order valence-electron chi connectivity index (χ3n) is 2.00. The minimum atomic E-state index is -0.384. The van der Waals surface area contributed by atoms with Crippen molar-refractivity contribution in [3.63, 3.8) is 0 Å². The fourth-order valence-electron chi connectivity index (χ4n) is 1.24. The van der Waals surface area contributed by atoms with Gasteiger partial charge in [-0.2, -0.15) is 0 Å². The molecule has 0 aromatic rings. The molecule has 1 rings (SSSR count). The topological polar surface area (TPSA) is 49.8 Å². The monoisotopic (exact) mass is 183 g/mol. The van der Waals surface area contributed by atoms with Gasteiger partial charge in [0.05, 0.1) is 6.10 Å². The zero-order valence-corrected chi connectivity index (χ0v) is 7.40. The zero-order chi connectivity index (χ0) is 9.68. The molecule has 1 aliphatic heterocycles. The summed E-state index contributed by atoms with van der Waals surface area (Å²) in [5, 5.41) is 9.17. The lowest BCUT2D eigenvalue weighted by atomic mass is 10.1. The minimum Gasteiger partial charge on any atom is -0.436 e. The number of hydrogen-bond donors (Lipinski definition) is 1. The van der Waals surface area contributed by atoms with Gasteiger partial charge in [0.2, 0.25) is 0 Å². The van der Waals surface area contributed by atoms with Crippen molar-refractivity contribution in [2.75, 3.05) is 19.7 Å². The maximum atomic E-state index is 11.2. The van der Waals surface area contributed by atoms with Gasteiger partial charge in [-0.25, -0.2) is 4.79 Å². The molecule has 4 heteroatoms. The van der Waals surface area contributed by atoms with Crippen LogP contribution >= 0.6 is 0 Å². The molecule has 0 unspecified atom stereocenters. The highest BCUT2D eigenvalue weighted by molar-refractivity contribution is 5.67. The highest BCUT2D eigenvalue weighted by Crippen LogP contribution is 2.10. The normalized spacial score (nSPS) is 18.0. The molecule has 4 nitrogen and oxygen atoms in total. The van der Waals surface area contributed by atoms with Crippen LogP contribution in [0.5, 0.6) is 0 Å². The lowest BCUT2D eigenvalue weighted by molar-refractivity contribution is 0.0645. The van der Waals surface area contributed by atoms with Gasteiger partial charge in [-0.05, 0) is 12.8 Å². The second-order valence-electron chi connectivity index (χ2n) is 2.98. The number of terminal acetylenes is 1. The molecule has 0 aromatic heterocycles. The quantitative estimate of drug-likeness (QED) is 0.591. The van der Waals surface area contributed by atoms with Gasteiger partial charge in [-0.1, -0.05) is 5.92 Å². The van der Waals surface area contributed by atoms with Crippen LogP contribution in [0.1, 0.15) is 12.8 Å². The summed E-state index contributed by atoms with van der Waals surface area (Å²) in [5.41, 5.74) is 0. The molecule has 0 saturated carbocycles. The first kappa shape index (κ1) is 9.87. The third kappa shape index (κ3) is 2.96. The predicted molar refractivity (Wildman–Crippen MR) is 47.0 cm³/mol. The lowest BCUT2D eigenvalue weighted by Gasteiger charge is -2.28. The van der Waals surface area contributed by atoms with Crippen LogP contribution < -0.4 is 0 Å². The van der Waals surface area contributed by atoms with Crippen molar-refractivity contribution < 1.29 is 14.6 Å². The van der Waals surface area contributed by atoms with E-state index in [4.69, 9.17) is 11.2 Å². The summed E-state index contributed by atoms with van der Waals surface area (Å²) in [5.74, 6) is 2.23. The van der Waals surface area contributed by atoms with Gasteiger partial charge < -0.3 is 14.7 Å². The number of carbonyl (C=O) groups is 1. The van der Waals surface area contributed by atoms with E-state index in [0.29, 0.717) is 25.9 Å². The number of aliphatic hydroxyl groups excluding tert-OH is 1. The number of nitrogens with zero attached hydrogens (tertiary/aromatic N) is 1. The second kappa shape index (κ2) is 4.73. The molecule has 13 heavy (non-hydrogen) atoms. The van der Waals surface area contributed by atoms with E-state index < -0.39 is 0 Å². The first-order valence-electron chi connectivity index (χ1n) is 4.27. The maximum Gasteiger partial charge on any atom is 0.410 e. The maximum absolute atomic E-state index is 11.2. The van der Waals surface area contributed by atoms with Crippen LogP contribution in [0.4, 0.5) is 4.79 Å². The van der Waals surface area contributed by atoms with Crippen molar-refractivity contribution in [3.8, 4) is 12.3 Å². The van der Waals surface area contributed by atoms with Crippen LogP contribution in [0.15, 0.2) is 0 Å². The van der Waals surface area contributed by atoms with Gasteiger partial charge in [0.15, 0.2) is 6.61 Å². The molecule has 1 fully saturated rings. The molecule has 1 amide bonds. The van der Waals surface area contributed by atoms with Gasteiger partial charge in [-0.3, -0.25) is 0 Å². The van der Waals surface area contributed by atoms with Crippen molar-refractivity contribution in [2.24, 2.45) is 0 Å². The Labute approximate surface area is 77.5 Å². The molecule has 0 aromatic carbocycles. The largest absolute Gasteiger partial charge is 0.436 e. The number of amides is 1. The summed E-state index contributed by atoms with van der Waals surface area (Å²) in [6.45, 7) is 1.10. The number of piperidine rings is 1. The molecule has 1 N–H and O–H groups in total. The Hall–Kier alpha value is -1.21. The first-order valence-corrected chi connectivity index (χ1v) is 4.27. The van der Waals surface area contributed by atoms with E-state index in [1.807, 2.05) is 0 Å². The van der Waals surface area contributed by atoms with E-state index in [-0.39, 0.29) is 18.8 Å². The Morgan fingerprint density at radius 1 is 1.62 bits per heavy atom. The Morgan fingerprint density at radius 2 is 2.23 bits per heavy atom. The van der Waals surface area contributed by atoms with Crippen LogP contribution in [0.25, 0.3) is 0 Å². The highest BCUT2D eigenvalue weighted by Gasteiger charge is 2.21. The summed E-state index contributed by atoms with van der Waals surface area (Å²) >= 11 is 0. The van der Waals surface area contributed by atoms with Crippen LogP contribution in [-0.4, -0.2) is 41.9 Å². The van der Waals surface area contributed by atoms with E-state index >= 15 is 0 Å². The van der Waals surface area contributed by atoms with E-state index in [0.717, 1.165) is 0 Å². The Morgan fingerprint density at radius 3 is 2.77 bits per heavy atom. The van der Waals surface area contributed by atoms with Gasteiger partial charge in [0.1, 0.15) is 0 Å². The molecular weight excluding hydrogens is 170 g/mol. The summed E-state index contributed by atoms with van der Waals surface area (Å²) in [4.78, 5) is 12.7. The minimum absolute atomic E-state index is 0.0118. The molecule has 0 aliphatic carbocycles.